The molecule has 3 aromatic rings. The summed E-state index contributed by atoms with van der Waals surface area (Å²) in [6, 6.07) is 16.7. The maximum Gasteiger partial charge on any atom is 0.104 e. The van der Waals surface area contributed by atoms with Gasteiger partial charge in [-0.1, -0.05) is 43.7 Å². The number of piperazine rings is 1. The van der Waals surface area contributed by atoms with E-state index in [2.05, 4.69) is 57.4 Å². The standard InChI is InChI=1S/C14H17N3.C8H8N2.C2H6/c1-11-2-3-14-12(8-11)9-13(10-16-14)17-6-4-15-5-7-17;9-8-5-6-3-1-2-4-7(6)10-8;1-2/h2-3,8-10,15H,4-7H2,1H3;1-4H,5H2,(H2,9,10);1-2H3. The number of nitrogens with two attached hydrogens (primary N) is 1. The number of anilines is 1. The van der Waals surface area contributed by atoms with E-state index in [1.54, 1.807) is 0 Å². The average molecular weight is 390 g/mol. The number of hydrogen-bond acceptors (Lipinski definition) is 5. The minimum absolute atomic E-state index is 0.723. The SMILES string of the molecule is CC.Cc1ccc2ncc(N3CCNCC3)cc2c1.NC1=Nc2ccccc2C1. The largest absolute Gasteiger partial charge is 0.387 e. The van der Waals surface area contributed by atoms with Gasteiger partial charge in [-0.25, -0.2) is 4.99 Å². The Balaban J connectivity index is 0.000000170. The lowest BCUT2D eigenvalue weighted by Crippen LogP contribution is -2.43. The van der Waals surface area contributed by atoms with Crippen LogP contribution in [0.25, 0.3) is 10.9 Å². The molecule has 0 saturated carbocycles. The summed E-state index contributed by atoms with van der Waals surface area (Å²) >= 11 is 0. The van der Waals surface area contributed by atoms with Gasteiger partial charge in [-0.15, -0.1) is 0 Å². The molecule has 2 aliphatic heterocycles. The van der Waals surface area contributed by atoms with Crippen molar-refractivity contribution in [1.82, 2.24) is 10.3 Å². The molecule has 2 aliphatic rings. The van der Waals surface area contributed by atoms with Crippen LogP contribution in [-0.4, -0.2) is 37.0 Å². The summed E-state index contributed by atoms with van der Waals surface area (Å²) in [4.78, 5) is 11.1. The fraction of sp³-hybridized carbons (Fsp3) is 0.333. The van der Waals surface area contributed by atoms with Crippen LogP contribution in [0.1, 0.15) is 25.0 Å². The van der Waals surface area contributed by atoms with Crippen LogP contribution in [-0.2, 0) is 6.42 Å². The quantitative estimate of drug-likeness (QED) is 0.654. The molecule has 1 saturated heterocycles. The number of fused-ring (bicyclic) bond motifs is 2. The summed E-state index contributed by atoms with van der Waals surface area (Å²) in [7, 11) is 0. The van der Waals surface area contributed by atoms with Crippen molar-refractivity contribution in [2.45, 2.75) is 27.2 Å². The first kappa shape index (κ1) is 20.8. The predicted molar refractivity (Wildman–Crippen MR) is 124 cm³/mol. The highest BCUT2D eigenvalue weighted by atomic mass is 15.2. The smallest absolute Gasteiger partial charge is 0.104 e. The first-order chi connectivity index (χ1) is 14.2. The van der Waals surface area contributed by atoms with Crippen molar-refractivity contribution in [3.63, 3.8) is 0 Å². The molecule has 0 radical (unpaired) electrons. The Kier molecular flexibility index (Phi) is 7.19. The van der Waals surface area contributed by atoms with Crippen molar-refractivity contribution in [3.05, 3.63) is 65.9 Å². The van der Waals surface area contributed by atoms with Crippen molar-refractivity contribution in [2.24, 2.45) is 10.7 Å². The van der Waals surface area contributed by atoms with Gasteiger partial charge in [0.2, 0.25) is 0 Å². The van der Waals surface area contributed by atoms with Crippen LogP contribution in [0.15, 0.2) is 59.7 Å². The van der Waals surface area contributed by atoms with Crippen molar-refractivity contribution >= 4 is 28.1 Å². The van der Waals surface area contributed by atoms with Crippen molar-refractivity contribution in [2.75, 3.05) is 31.1 Å². The Hall–Kier alpha value is -2.92. The lowest BCUT2D eigenvalue weighted by molar-refractivity contribution is 0.589. The molecule has 5 rings (SSSR count). The molecule has 5 nitrogen and oxygen atoms in total. The molecule has 3 N–H and O–H groups in total. The zero-order valence-electron chi connectivity index (χ0n) is 17.7. The van der Waals surface area contributed by atoms with Gasteiger partial charge in [0.25, 0.3) is 0 Å². The number of nitrogens with zero attached hydrogens (tertiary/aromatic N) is 3. The lowest BCUT2D eigenvalue weighted by atomic mass is 10.1. The number of aromatic nitrogens is 1. The summed E-state index contributed by atoms with van der Waals surface area (Å²) < 4.78 is 0. The molecular formula is C24H31N5. The molecule has 5 heteroatoms. The van der Waals surface area contributed by atoms with Gasteiger partial charge in [-0.3, -0.25) is 4.98 Å². The number of nitrogens with one attached hydrogen (secondary N) is 1. The highest BCUT2D eigenvalue weighted by Crippen LogP contribution is 2.24. The zero-order chi connectivity index (χ0) is 20.6. The van der Waals surface area contributed by atoms with Gasteiger partial charge in [-0.2, -0.15) is 0 Å². The Labute approximate surface area is 173 Å². The van der Waals surface area contributed by atoms with Crippen LogP contribution in [0.4, 0.5) is 11.4 Å². The Morgan fingerprint density at radius 1 is 1.00 bits per heavy atom. The molecule has 0 aliphatic carbocycles. The summed E-state index contributed by atoms with van der Waals surface area (Å²) in [6.45, 7) is 10.4. The van der Waals surface area contributed by atoms with E-state index in [-0.39, 0.29) is 0 Å². The van der Waals surface area contributed by atoms with Crippen LogP contribution in [0.3, 0.4) is 0 Å². The Morgan fingerprint density at radius 2 is 1.76 bits per heavy atom. The third-order valence-corrected chi connectivity index (χ3v) is 4.93. The molecule has 0 unspecified atom stereocenters. The molecule has 3 heterocycles. The van der Waals surface area contributed by atoms with Crippen molar-refractivity contribution in [1.29, 1.82) is 0 Å². The van der Waals surface area contributed by atoms with E-state index >= 15 is 0 Å². The third-order valence-electron chi connectivity index (χ3n) is 4.93. The summed E-state index contributed by atoms with van der Waals surface area (Å²) in [5.41, 5.74) is 11.4. The number of aliphatic imine (C=N–C) groups is 1. The van der Waals surface area contributed by atoms with Gasteiger partial charge in [0.1, 0.15) is 5.84 Å². The molecule has 29 heavy (non-hydrogen) atoms. The highest BCUT2D eigenvalue weighted by molar-refractivity contribution is 5.90. The fourth-order valence-corrected chi connectivity index (χ4v) is 3.49. The van der Waals surface area contributed by atoms with E-state index in [4.69, 9.17) is 5.73 Å². The summed E-state index contributed by atoms with van der Waals surface area (Å²) in [5.74, 6) is 0.723. The van der Waals surface area contributed by atoms with Gasteiger partial charge < -0.3 is 16.0 Å². The van der Waals surface area contributed by atoms with Gasteiger partial charge >= 0.3 is 0 Å². The van der Waals surface area contributed by atoms with E-state index < -0.39 is 0 Å². The average Bonchev–Trinajstić information content (AvgIpc) is 3.16. The normalized spacial score (nSPS) is 14.9. The summed E-state index contributed by atoms with van der Waals surface area (Å²) in [5, 5.41) is 4.61. The topological polar surface area (TPSA) is 66.5 Å². The van der Waals surface area contributed by atoms with E-state index in [0.717, 1.165) is 49.6 Å². The Morgan fingerprint density at radius 3 is 2.52 bits per heavy atom. The first-order valence-electron chi connectivity index (χ1n) is 10.4. The monoisotopic (exact) mass is 389 g/mol. The van der Waals surface area contributed by atoms with Gasteiger partial charge in [-0.05, 0) is 36.8 Å². The van der Waals surface area contributed by atoms with E-state index in [1.165, 1.54) is 22.2 Å². The van der Waals surface area contributed by atoms with Crippen LogP contribution in [0, 0.1) is 6.92 Å². The molecule has 0 amide bonds. The molecule has 0 atom stereocenters. The number of aryl methyl sites for hydroxylation is 1. The van der Waals surface area contributed by atoms with Crippen molar-refractivity contribution in [3.8, 4) is 0 Å². The van der Waals surface area contributed by atoms with Crippen LogP contribution >= 0.6 is 0 Å². The second kappa shape index (κ2) is 10.0. The zero-order valence-corrected chi connectivity index (χ0v) is 17.7. The number of amidine groups is 1. The second-order valence-corrected chi connectivity index (χ2v) is 7.04. The molecular weight excluding hydrogens is 358 g/mol. The van der Waals surface area contributed by atoms with Gasteiger partial charge in [0.05, 0.1) is 23.1 Å². The highest BCUT2D eigenvalue weighted by Gasteiger charge is 2.11. The molecule has 1 aromatic heterocycles. The molecule has 152 valence electrons. The van der Waals surface area contributed by atoms with E-state index in [9.17, 15) is 0 Å². The van der Waals surface area contributed by atoms with Gasteiger partial charge in [0.15, 0.2) is 0 Å². The first-order valence-corrected chi connectivity index (χ1v) is 10.4. The predicted octanol–water partition coefficient (Wildman–Crippen LogP) is 4.21. The number of para-hydroxylation sites is 1. The van der Waals surface area contributed by atoms with E-state index in [1.807, 2.05) is 38.2 Å². The third kappa shape index (κ3) is 5.33. The minimum atomic E-state index is 0.723. The second-order valence-electron chi connectivity index (χ2n) is 7.04. The maximum atomic E-state index is 5.54. The molecule has 2 aromatic carbocycles. The van der Waals surface area contributed by atoms with E-state index in [0.29, 0.717) is 0 Å². The Bertz CT molecular complexity index is 974. The minimum Gasteiger partial charge on any atom is -0.387 e. The van der Waals surface area contributed by atoms with Crippen molar-refractivity contribution < 1.29 is 0 Å². The van der Waals surface area contributed by atoms with Crippen LogP contribution < -0.4 is 16.0 Å². The maximum absolute atomic E-state index is 5.54. The molecule has 0 bridgehead atoms. The molecule has 0 spiro atoms. The van der Waals surface area contributed by atoms with Crippen LogP contribution in [0.2, 0.25) is 0 Å². The fourth-order valence-electron chi connectivity index (χ4n) is 3.49. The number of hydrogen-bond donors (Lipinski definition) is 2. The van der Waals surface area contributed by atoms with Gasteiger partial charge in [0, 0.05) is 38.0 Å². The molecule has 1 fully saturated rings. The van der Waals surface area contributed by atoms with Crippen LogP contribution in [0.5, 0.6) is 0 Å². The summed E-state index contributed by atoms with van der Waals surface area (Å²) in [6.07, 6.45) is 2.80. The number of rotatable bonds is 1. The number of pyridine rings is 1. The lowest BCUT2D eigenvalue weighted by Gasteiger charge is -2.29. The number of benzene rings is 2.